The summed E-state index contributed by atoms with van der Waals surface area (Å²) < 4.78 is 24.7. The largest absolute Gasteiger partial charge is 0.466 e. The number of nitrogens with zero attached hydrogens (tertiary/aromatic N) is 2. The van der Waals surface area contributed by atoms with E-state index in [1.165, 1.54) is 12.1 Å². The first kappa shape index (κ1) is 21.8. The van der Waals surface area contributed by atoms with Crippen LogP contribution in [0.15, 0.2) is 47.5 Å². The fourth-order valence-corrected chi connectivity index (χ4v) is 3.51. The van der Waals surface area contributed by atoms with Crippen molar-refractivity contribution in [3.63, 3.8) is 0 Å². The van der Waals surface area contributed by atoms with Gasteiger partial charge in [0.15, 0.2) is 5.75 Å². The molecule has 2 heterocycles. The minimum Gasteiger partial charge on any atom is -0.466 e. The lowest BCUT2D eigenvalue weighted by atomic mass is 10.1. The van der Waals surface area contributed by atoms with Gasteiger partial charge in [0.2, 0.25) is 0 Å². The fraction of sp³-hybridized carbons (Fsp3) is 0.391. The number of aliphatic imine (C=N–C) groups is 1. The molecule has 0 saturated carbocycles. The van der Waals surface area contributed by atoms with Gasteiger partial charge in [-0.2, -0.15) is 0 Å². The molecule has 0 amide bonds. The second-order valence-corrected chi connectivity index (χ2v) is 6.75. The molecule has 2 aliphatic heterocycles. The summed E-state index contributed by atoms with van der Waals surface area (Å²) in [5.74, 6) is 1.20. The van der Waals surface area contributed by atoms with Gasteiger partial charge in [-0.05, 0) is 31.2 Å². The number of carbonyl (C=O) groups excluding carboxylic acids is 1. The maximum Gasteiger partial charge on any atom is 0.307 e. The second-order valence-electron chi connectivity index (χ2n) is 6.75. The van der Waals surface area contributed by atoms with Crippen molar-refractivity contribution in [3.05, 3.63) is 53.8 Å². The number of benzene rings is 2. The zero-order chi connectivity index (χ0) is 21.5. The van der Waals surface area contributed by atoms with E-state index in [2.05, 4.69) is 10.2 Å². The van der Waals surface area contributed by atoms with Crippen LogP contribution in [-0.4, -0.2) is 49.0 Å². The molecule has 1 N–H and O–H groups in total. The zero-order valence-electron chi connectivity index (χ0n) is 17.7. The summed E-state index contributed by atoms with van der Waals surface area (Å²) in [6.07, 6.45) is 0.303. The first-order valence-electron chi connectivity index (χ1n) is 10.4. The van der Waals surface area contributed by atoms with Crippen molar-refractivity contribution in [2.75, 3.05) is 26.2 Å². The molecule has 1 saturated heterocycles. The van der Waals surface area contributed by atoms with Crippen molar-refractivity contribution in [3.8, 4) is 11.5 Å². The Morgan fingerprint density at radius 3 is 2.87 bits per heavy atom. The number of piperazine rings is 1. The molecule has 2 aliphatic rings. The molecule has 30 heavy (non-hydrogen) atoms. The predicted octanol–water partition coefficient (Wildman–Crippen LogP) is 4.26. The molecule has 0 aromatic heterocycles. The summed E-state index contributed by atoms with van der Waals surface area (Å²) >= 11 is 0. The standard InChI is InChI=1S/C21H22FN3O3.C2H6/c1-2-27-20(26)12-15-13-25(10-9-23-15)21-16-5-3-4-6-18(16)28-19-11-14(22)7-8-17(19)24-21;1-2/h3-8,11,15,23H,2,9-10,12-13H2,1H3;1-2H3. The Kier molecular flexibility index (Phi) is 7.41. The topological polar surface area (TPSA) is 63.2 Å². The average molecular weight is 413 g/mol. The number of para-hydroxylation sites is 1. The summed E-state index contributed by atoms with van der Waals surface area (Å²) in [7, 11) is 0. The number of esters is 1. The summed E-state index contributed by atoms with van der Waals surface area (Å²) in [5, 5.41) is 3.37. The predicted molar refractivity (Wildman–Crippen MR) is 115 cm³/mol. The van der Waals surface area contributed by atoms with Gasteiger partial charge in [0, 0.05) is 31.7 Å². The summed E-state index contributed by atoms with van der Waals surface area (Å²) in [5.41, 5.74) is 1.42. The van der Waals surface area contributed by atoms with Crippen molar-refractivity contribution in [2.24, 2.45) is 4.99 Å². The van der Waals surface area contributed by atoms with Crippen molar-refractivity contribution >= 4 is 17.5 Å². The molecule has 1 fully saturated rings. The SMILES string of the molecule is CC.CCOC(=O)CC1CN(C2=Nc3ccc(F)cc3Oc3ccccc32)CCN1. The first-order valence-corrected chi connectivity index (χ1v) is 10.4. The Morgan fingerprint density at radius 2 is 2.07 bits per heavy atom. The molecular formula is C23H28FN3O3. The van der Waals surface area contributed by atoms with Crippen molar-refractivity contribution in [1.82, 2.24) is 10.2 Å². The van der Waals surface area contributed by atoms with Gasteiger partial charge in [-0.25, -0.2) is 9.38 Å². The Balaban J connectivity index is 0.00000124. The maximum atomic E-state index is 13.7. The Bertz CT molecular complexity index is 916. The van der Waals surface area contributed by atoms with Gasteiger partial charge in [0.25, 0.3) is 0 Å². The number of ether oxygens (including phenoxy) is 2. The number of fused-ring (bicyclic) bond motifs is 2. The lowest BCUT2D eigenvalue weighted by Crippen LogP contribution is -2.53. The Hall–Kier alpha value is -2.93. The van der Waals surface area contributed by atoms with Gasteiger partial charge < -0.3 is 19.7 Å². The van der Waals surface area contributed by atoms with Gasteiger partial charge in [-0.3, -0.25) is 4.79 Å². The van der Waals surface area contributed by atoms with Gasteiger partial charge in [0.1, 0.15) is 23.1 Å². The van der Waals surface area contributed by atoms with E-state index >= 15 is 0 Å². The van der Waals surface area contributed by atoms with E-state index in [0.717, 1.165) is 24.5 Å². The van der Waals surface area contributed by atoms with E-state index in [-0.39, 0.29) is 17.8 Å². The highest BCUT2D eigenvalue weighted by Crippen LogP contribution is 2.38. The molecule has 2 aromatic rings. The minimum atomic E-state index is -0.369. The van der Waals surface area contributed by atoms with E-state index in [1.807, 2.05) is 38.1 Å². The molecule has 0 bridgehead atoms. The highest BCUT2D eigenvalue weighted by Gasteiger charge is 2.28. The summed E-state index contributed by atoms with van der Waals surface area (Å²) in [6.45, 7) is 8.25. The van der Waals surface area contributed by atoms with Crippen molar-refractivity contribution in [1.29, 1.82) is 0 Å². The molecule has 1 atom stereocenters. The summed E-state index contributed by atoms with van der Waals surface area (Å²) in [4.78, 5) is 18.8. The van der Waals surface area contributed by atoms with E-state index in [1.54, 1.807) is 13.0 Å². The molecule has 7 heteroatoms. The van der Waals surface area contributed by atoms with Gasteiger partial charge >= 0.3 is 5.97 Å². The van der Waals surface area contributed by atoms with Crippen LogP contribution in [0.3, 0.4) is 0 Å². The van der Waals surface area contributed by atoms with Crippen LogP contribution in [0.5, 0.6) is 11.5 Å². The van der Waals surface area contributed by atoms with E-state index in [0.29, 0.717) is 36.8 Å². The van der Waals surface area contributed by atoms with Crippen molar-refractivity contribution < 1.29 is 18.7 Å². The second kappa shape index (κ2) is 10.2. The van der Waals surface area contributed by atoms with Crippen LogP contribution in [0.25, 0.3) is 0 Å². The number of carbonyl (C=O) groups is 1. The first-order chi connectivity index (χ1) is 14.6. The van der Waals surface area contributed by atoms with Crippen LogP contribution in [0, 0.1) is 5.82 Å². The quantitative estimate of drug-likeness (QED) is 0.762. The third-order valence-corrected chi connectivity index (χ3v) is 4.77. The smallest absolute Gasteiger partial charge is 0.307 e. The third-order valence-electron chi connectivity index (χ3n) is 4.77. The van der Waals surface area contributed by atoms with Crippen LogP contribution in [0.4, 0.5) is 10.1 Å². The lowest BCUT2D eigenvalue weighted by Gasteiger charge is -2.35. The third kappa shape index (κ3) is 4.97. The highest BCUT2D eigenvalue weighted by molar-refractivity contribution is 6.03. The Labute approximate surface area is 176 Å². The normalized spacial score (nSPS) is 17.3. The molecule has 0 radical (unpaired) electrons. The van der Waals surface area contributed by atoms with E-state index in [4.69, 9.17) is 14.5 Å². The minimum absolute atomic E-state index is 0.0282. The lowest BCUT2D eigenvalue weighted by molar-refractivity contribution is -0.143. The van der Waals surface area contributed by atoms with Crippen LogP contribution < -0.4 is 10.1 Å². The fourth-order valence-electron chi connectivity index (χ4n) is 3.51. The Morgan fingerprint density at radius 1 is 1.27 bits per heavy atom. The number of amidine groups is 1. The number of nitrogens with one attached hydrogen (secondary N) is 1. The highest BCUT2D eigenvalue weighted by atomic mass is 19.1. The number of hydrogen-bond donors (Lipinski definition) is 1. The van der Waals surface area contributed by atoms with Crippen molar-refractivity contribution in [2.45, 2.75) is 33.2 Å². The number of hydrogen-bond acceptors (Lipinski definition) is 6. The molecule has 160 valence electrons. The molecule has 1 unspecified atom stereocenters. The molecule has 2 aromatic carbocycles. The number of halogens is 1. The molecular weight excluding hydrogens is 385 g/mol. The van der Waals surface area contributed by atoms with Crippen LogP contribution in [-0.2, 0) is 9.53 Å². The van der Waals surface area contributed by atoms with Crippen LogP contribution >= 0.6 is 0 Å². The van der Waals surface area contributed by atoms with Gasteiger partial charge in [-0.15, -0.1) is 0 Å². The van der Waals surface area contributed by atoms with E-state index in [9.17, 15) is 9.18 Å². The molecule has 0 spiro atoms. The molecule has 6 nitrogen and oxygen atoms in total. The molecule has 0 aliphatic carbocycles. The molecule has 4 rings (SSSR count). The maximum absolute atomic E-state index is 13.7. The average Bonchev–Trinajstić information content (AvgIpc) is 2.92. The van der Waals surface area contributed by atoms with E-state index < -0.39 is 0 Å². The zero-order valence-corrected chi connectivity index (χ0v) is 17.7. The van der Waals surface area contributed by atoms with Crippen LogP contribution in [0.2, 0.25) is 0 Å². The monoisotopic (exact) mass is 413 g/mol. The number of rotatable bonds is 3. The van der Waals surface area contributed by atoms with Crippen LogP contribution in [0.1, 0.15) is 32.8 Å². The summed E-state index contributed by atoms with van der Waals surface area (Å²) in [6, 6.07) is 11.9. The van der Waals surface area contributed by atoms with Gasteiger partial charge in [-0.1, -0.05) is 26.0 Å². The van der Waals surface area contributed by atoms with Gasteiger partial charge in [0.05, 0.1) is 18.6 Å².